The van der Waals surface area contributed by atoms with Crippen molar-refractivity contribution in [2.24, 2.45) is 0 Å². The van der Waals surface area contributed by atoms with Crippen LogP contribution in [0.4, 0.5) is 20.6 Å². The van der Waals surface area contributed by atoms with Gasteiger partial charge in [0, 0.05) is 5.69 Å². The lowest BCUT2D eigenvalue weighted by Gasteiger charge is -2.19. The molecule has 8 heteroatoms. The van der Waals surface area contributed by atoms with Crippen molar-refractivity contribution in [3.05, 3.63) is 59.4 Å². The minimum atomic E-state index is -0.726. The summed E-state index contributed by atoms with van der Waals surface area (Å²) in [5, 5.41) is 4.96. The summed E-state index contributed by atoms with van der Waals surface area (Å²) < 4.78 is 19.6. The maximum absolute atomic E-state index is 14.2. The van der Waals surface area contributed by atoms with Gasteiger partial charge in [-0.2, -0.15) is 0 Å². The summed E-state index contributed by atoms with van der Waals surface area (Å²) in [6, 6.07) is 11.2. The van der Waals surface area contributed by atoms with Crippen LogP contribution >= 0.6 is 0 Å². The van der Waals surface area contributed by atoms with Crippen LogP contribution in [0.5, 0.6) is 0 Å². The molecule has 2 N–H and O–H groups in total. The predicted octanol–water partition coefficient (Wildman–Crippen LogP) is 2.35. The summed E-state index contributed by atoms with van der Waals surface area (Å²) in [5.74, 6) is -1.71. The Labute approximate surface area is 155 Å². The number of nitrogens with zero attached hydrogens (tertiary/aromatic N) is 1. The lowest BCUT2D eigenvalue weighted by atomic mass is 10.1. The van der Waals surface area contributed by atoms with Gasteiger partial charge in [-0.15, -0.1) is 0 Å². The molecule has 0 aromatic heterocycles. The molecule has 27 heavy (non-hydrogen) atoms. The smallest absolute Gasteiger partial charge is 0.329 e. The molecule has 0 unspecified atom stereocenters. The Kier molecular flexibility index (Phi) is 5.46. The van der Waals surface area contributed by atoms with Gasteiger partial charge in [-0.1, -0.05) is 30.3 Å². The first kappa shape index (κ1) is 18.5. The van der Waals surface area contributed by atoms with Gasteiger partial charge in [0.15, 0.2) is 0 Å². The summed E-state index contributed by atoms with van der Waals surface area (Å²) in [5.41, 5.74) is 1.34. The molecule has 140 valence electrons. The molecule has 0 bridgehead atoms. The van der Waals surface area contributed by atoms with Crippen molar-refractivity contribution in [1.29, 1.82) is 0 Å². The van der Waals surface area contributed by atoms with Crippen LogP contribution in [0.2, 0.25) is 0 Å². The number of benzene rings is 2. The number of urea groups is 1. The molecule has 0 aliphatic carbocycles. The second kappa shape index (κ2) is 7.96. The van der Waals surface area contributed by atoms with Crippen LogP contribution in [-0.4, -0.2) is 31.0 Å². The van der Waals surface area contributed by atoms with E-state index in [1.165, 1.54) is 13.0 Å². The van der Waals surface area contributed by atoms with E-state index < -0.39 is 23.7 Å². The third kappa shape index (κ3) is 4.12. The fraction of sp³-hybridized carbons (Fsp3) is 0.211. The van der Waals surface area contributed by atoms with E-state index in [-0.39, 0.29) is 31.0 Å². The Morgan fingerprint density at radius 1 is 1.22 bits per heavy atom. The molecule has 0 saturated carbocycles. The highest BCUT2D eigenvalue weighted by Gasteiger charge is 2.33. The predicted molar refractivity (Wildman–Crippen MR) is 96.7 cm³/mol. The van der Waals surface area contributed by atoms with Crippen molar-refractivity contribution in [3.63, 3.8) is 0 Å². The Hall–Kier alpha value is -3.26. The van der Waals surface area contributed by atoms with Crippen LogP contribution in [0.25, 0.3) is 0 Å². The van der Waals surface area contributed by atoms with E-state index in [0.29, 0.717) is 5.69 Å². The highest BCUT2D eigenvalue weighted by molar-refractivity contribution is 6.20. The number of hydrogen-bond acceptors (Lipinski definition) is 4. The van der Waals surface area contributed by atoms with Crippen LogP contribution in [0.3, 0.4) is 0 Å². The number of halogens is 1. The summed E-state index contributed by atoms with van der Waals surface area (Å²) in [4.78, 5) is 36.5. The Morgan fingerprint density at radius 3 is 2.63 bits per heavy atom. The van der Waals surface area contributed by atoms with Gasteiger partial charge in [-0.25, -0.2) is 14.1 Å². The largest absolute Gasteiger partial charge is 0.367 e. The number of carbonyl (C=O) groups excluding carboxylic acids is 3. The summed E-state index contributed by atoms with van der Waals surface area (Å²) in [6.45, 7) is 1.42. The Bertz CT molecular complexity index is 870. The maximum Gasteiger partial charge on any atom is 0.329 e. The number of rotatable bonds is 6. The first-order valence-corrected chi connectivity index (χ1v) is 8.29. The number of nitrogens with one attached hydrogen (secondary N) is 2. The third-order valence-electron chi connectivity index (χ3n) is 4.07. The molecule has 1 heterocycles. The number of carbonyl (C=O) groups is 3. The van der Waals surface area contributed by atoms with Gasteiger partial charge in [0.1, 0.15) is 12.4 Å². The van der Waals surface area contributed by atoms with Gasteiger partial charge < -0.3 is 15.4 Å². The lowest BCUT2D eigenvalue weighted by molar-refractivity contribution is -0.121. The number of ether oxygens (including phenoxy) is 1. The van der Waals surface area contributed by atoms with Gasteiger partial charge in [-0.05, 0) is 30.2 Å². The summed E-state index contributed by atoms with van der Waals surface area (Å²) >= 11 is 0. The van der Waals surface area contributed by atoms with Crippen molar-refractivity contribution in [2.75, 3.05) is 23.4 Å². The fourth-order valence-electron chi connectivity index (χ4n) is 2.75. The Morgan fingerprint density at radius 2 is 1.96 bits per heavy atom. The summed E-state index contributed by atoms with van der Waals surface area (Å²) in [6.07, 6.45) is 0. The topological polar surface area (TPSA) is 87.7 Å². The molecule has 3 rings (SSSR count). The van der Waals surface area contributed by atoms with Gasteiger partial charge in [0.2, 0.25) is 5.91 Å². The highest BCUT2D eigenvalue weighted by Crippen LogP contribution is 2.31. The monoisotopic (exact) mass is 371 g/mol. The number of hydrogen-bond donors (Lipinski definition) is 2. The van der Waals surface area contributed by atoms with Gasteiger partial charge in [0.05, 0.1) is 18.8 Å². The SMILES string of the molecule is Cc1c(NC(=O)COCc2ccccc2)ccc(F)c1N1C(=O)CNC1=O. The average Bonchev–Trinajstić information content (AvgIpc) is 2.98. The van der Waals surface area contributed by atoms with Crippen LogP contribution in [0.15, 0.2) is 42.5 Å². The zero-order valence-corrected chi connectivity index (χ0v) is 14.6. The molecular weight excluding hydrogens is 353 g/mol. The minimum Gasteiger partial charge on any atom is -0.367 e. The first-order valence-electron chi connectivity index (χ1n) is 8.29. The normalized spacial score (nSPS) is 13.6. The van der Waals surface area contributed by atoms with E-state index >= 15 is 0 Å². The van der Waals surface area contributed by atoms with Crippen LogP contribution in [-0.2, 0) is 20.9 Å². The molecule has 2 aromatic rings. The standard InChI is InChI=1S/C19H18FN3O4/c1-12-15(22-16(24)11-27-10-13-5-3-2-4-6-13)8-7-14(20)18(12)23-17(25)9-21-19(23)26/h2-8H,9-11H2,1H3,(H,21,26)(H,22,24). The van der Waals surface area contributed by atoms with Crippen LogP contribution in [0.1, 0.15) is 11.1 Å². The van der Waals surface area contributed by atoms with Crippen LogP contribution in [0, 0.1) is 12.7 Å². The van der Waals surface area contributed by atoms with Crippen molar-refractivity contribution < 1.29 is 23.5 Å². The second-order valence-electron chi connectivity index (χ2n) is 5.98. The van der Waals surface area contributed by atoms with Crippen molar-refractivity contribution in [3.8, 4) is 0 Å². The van der Waals surface area contributed by atoms with Crippen LogP contribution < -0.4 is 15.5 Å². The highest BCUT2D eigenvalue weighted by atomic mass is 19.1. The van der Waals surface area contributed by atoms with Gasteiger partial charge in [-0.3, -0.25) is 9.59 Å². The molecule has 0 radical (unpaired) electrons. The van der Waals surface area contributed by atoms with Crippen molar-refractivity contribution in [1.82, 2.24) is 5.32 Å². The van der Waals surface area contributed by atoms with Gasteiger partial charge in [0.25, 0.3) is 5.91 Å². The molecule has 4 amide bonds. The molecule has 1 aliphatic rings. The van der Waals surface area contributed by atoms with E-state index in [0.717, 1.165) is 16.5 Å². The number of amides is 4. The van der Waals surface area contributed by atoms with E-state index in [1.54, 1.807) is 0 Å². The van der Waals surface area contributed by atoms with Gasteiger partial charge >= 0.3 is 6.03 Å². The molecule has 1 saturated heterocycles. The van der Waals surface area contributed by atoms with Crippen molar-refractivity contribution >= 4 is 29.2 Å². The third-order valence-corrected chi connectivity index (χ3v) is 4.07. The van der Waals surface area contributed by atoms with E-state index in [2.05, 4.69) is 10.6 Å². The van der Waals surface area contributed by atoms with E-state index in [4.69, 9.17) is 4.74 Å². The minimum absolute atomic E-state index is 0.169. The number of imide groups is 1. The second-order valence-corrected chi connectivity index (χ2v) is 5.98. The summed E-state index contributed by atoms with van der Waals surface area (Å²) in [7, 11) is 0. The first-order chi connectivity index (χ1) is 13.0. The zero-order valence-electron chi connectivity index (χ0n) is 14.6. The molecule has 1 aliphatic heterocycles. The molecule has 2 aromatic carbocycles. The Balaban J connectivity index is 1.68. The molecular formula is C19H18FN3O4. The molecule has 7 nitrogen and oxygen atoms in total. The maximum atomic E-state index is 14.2. The number of anilines is 2. The zero-order chi connectivity index (χ0) is 19.4. The van der Waals surface area contributed by atoms with E-state index in [1.807, 2.05) is 30.3 Å². The molecule has 1 fully saturated rings. The van der Waals surface area contributed by atoms with E-state index in [9.17, 15) is 18.8 Å². The molecule has 0 atom stereocenters. The quantitative estimate of drug-likeness (QED) is 0.763. The average molecular weight is 371 g/mol. The van der Waals surface area contributed by atoms with Crippen molar-refractivity contribution in [2.45, 2.75) is 13.5 Å². The molecule has 0 spiro atoms. The lowest BCUT2D eigenvalue weighted by Crippen LogP contribution is -2.32. The fourth-order valence-corrected chi connectivity index (χ4v) is 2.75.